The maximum atomic E-state index is 12.7. The Labute approximate surface area is 178 Å². The average molecular weight is 442 g/mol. The summed E-state index contributed by atoms with van der Waals surface area (Å²) < 4.78 is 38.1. The molecule has 0 aliphatic heterocycles. The van der Waals surface area contributed by atoms with Gasteiger partial charge in [-0.15, -0.1) is 0 Å². The Morgan fingerprint density at radius 3 is 2.52 bits per heavy atom. The zero-order chi connectivity index (χ0) is 22.4. The maximum absolute atomic E-state index is 12.7. The fourth-order valence-electron chi connectivity index (χ4n) is 2.71. The van der Waals surface area contributed by atoms with Crippen molar-refractivity contribution in [2.45, 2.75) is 11.5 Å². The van der Waals surface area contributed by atoms with Gasteiger partial charge in [0.15, 0.2) is 0 Å². The van der Waals surface area contributed by atoms with Gasteiger partial charge in [0.2, 0.25) is 0 Å². The minimum absolute atomic E-state index is 0.000554. The van der Waals surface area contributed by atoms with E-state index in [1.54, 1.807) is 36.4 Å². The SMILES string of the molecule is COc1cccc(COC(=O)c2ccccc2NS(=O)(=O)c2cccc([N+](=O)[O-])c2)c1. The molecular formula is C21H18N2O7S. The zero-order valence-corrected chi connectivity index (χ0v) is 17.2. The molecule has 0 atom stereocenters. The molecule has 3 aromatic rings. The third-order valence-electron chi connectivity index (χ3n) is 4.23. The van der Waals surface area contributed by atoms with E-state index in [0.29, 0.717) is 11.3 Å². The number of rotatable bonds is 8. The molecule has 0 saturated heterocycles. The summed E-state index contributed by atoms with van der Waals surface area (Å²) in [7, 11) is -2.66. The van der Waals surface area contributed by atoms with E-state index in [1.165, 1.54) is 37.4 Å². The van der Waals surface area contributed by atoms with E-state index in [9.17, 15) is 23.3 Å². The van der Waals surface area contributed by atoms with Crippen LogP contribution < -0.4 is 9.46 Å². The van der Waals surface area contributed by atoms with Crippen molar-refractivity contribution in [3.8, 4) is 5.75 Å². The first kappa shape index (κ1) is 21.8. The van der Waals surface area contributed by atoms with Crippen molar-refractivity contribution in [1.82, 2.24) is 0 Å². The zero-order valence-electron chi connectivity index (χ0n) is 16.3. The molecule has 0 saturated carbocycles. The highest BCUT2D eigenvalue weighted by atomic mass is 32.2. The normalized spacial score (nSPS) is 10.9. The third kappa shape index (κ3) is 5.37. The number of nitrogens with zero attached hydrogens (tertiary/aromatic N) is 1. The van der Waals surface area contributed by atoms with Gasteiger partial charge in [-0.1, -0.05) is 30.3 Å². The molecule has 10 heteroatoms. The van der Waals surface area contributed by atoms with E-state index in [0.717, 1.165) is 6.07 Å². The topological polar surface area (TPSA) is 125 Å². The van der Waals surface area contributed by atoms with Gasteiger partial charge < -0.3 is 9.47 Å². The van der Waals surface area contributed by atoms with Crippen LogP contribution in [0.5, 0.6) is 5.75 Å². The van der Waals surface area contributed by atoms with Crippen LogP contribution in [0.1, 0.15) is 15.9 Å². The number of nitro groups is 1. The first-order chi connectivity index (χ1) is 14.8. The largest absolute Gasteiger partial charge is 0.497 e. The Morgan fingerprint density at radius 2 is 1.77 bits per heavy atom. The van der Waals surface area contributed by atoms with Crippen LogP contribution in [0.3, 0.4) is 0 Å². The van der Waals surface area contributed by atoms with Crippen LogP contribution >= 0.6 is 0 Å². The number of esters is 1. The van der Waals surface area contributed by atoms with Crippen LogP contribution in [-0.2, 0) is 21.4 Å². The molecule has 1 N–H and O–H groups in total. The van der Waals surface area contributed by atoms with Crippen molar-refractivity contribution >= 4 is 27.4 Å². The number of non-ortho nitro benzene ring substituents is 1. The fraction of sp³-hybridized carbons (Fsp3) is 0.0952. The van der Waals surface area contributed by atoms with Gasteiger partial charge >= 0.3 is 5.97 Å². The molecule has 0 heterocycles. The maximum Gasteiger partial charge on any atom is 0.340 e. The molecule has 160 valence electrons. The van der Waals surface area contributed by atoms with Gasteiger partial charge in [-0.2, -0.15) is 0 Å². The van der Waals surface area contributed by atoms with Crippen molar-refractivity contribution in [2.75, 3.05) is 11.8 Å². The van der Waals surface area contributed by atoms with Crippen LogP contribution in [0.25, 0.3) is 0 Å². The number of hydrogen-bond acceptors (Lipinski definition) is 7. The standard InChI is InChI=1S/C21H18N2O7S/c1-29-17-8-4-6-15(12-17)14-30-21(24)19-10-2-3-11-20(19)22-31(27,28)18-9-5-7-16(13-18)23(25)26/h2-13,22H,14H2,1H3. The van der Waals surface area contributed by atoms with Gasteiger partial charge in [0, 0.05) is 12.1 Å². The molecule has 0 fully saturated rings. The molecule has 0 amide bonds. The van der Waals surface area contributed by atoms with E-state index in [1.807, 2.05) is 0 Å². The van der Waals surface area contributed by atoms with Gasteiger partial charge in [-0.05, 0) is 35.9 Å². The van der Waals surface area contributed by atoms with E-state index >= 15 is 0 Å². The first-order valence-electron chi connectivity index (χ1n) is 8.96. The number of methoxy groups -OCH3 is 1. The summed E-state index contributed by atoms with van der Waals surface area (Å²) in [6.45, 7) is -0.0397. The highest BCUT2D eigenvalue weighted by molar-refractivity contribution is 7.92. The lowest BCUT2D eigenvalue weighted by Gasteiger charge is -2.12. The first-order valence-corrected chi connectivity index (χ1v) is 10.4. The Hall–Kier alpha value is -3.92. The smallest absolute Gasteiger partial charge is 0.340 e. The molecule has 0 aromatic heterocycles. The summed E-state index contributed by atoms with van der Waals surface area (Å²) in [6.07, 6.45) is 0. The van der Waals surface area contributed by atoms with Gasteiger partial charge in [-0.3, -0.25) is 14.8 Å². The molecule has 0 unspecified atom stereocenters. The lowest BCUT2D eigenvalue weighted by molar-refractivity contribution is -0.385. The number of para-hydroxylation sites is 1. The number of nitrogens with one attached hydrogen (secondary N) is 1. The van der Waals surface area contributed by atoms with E-state index in [-0.39, 0.29) is 28.4 Å². The number of ether oxygens (including phenoxy) is 2. The fourth-order valence-corrected chi connectivity index (χ4v) is 3.83. The second kappa shape index (κ2) is 9.26. The Balaban J connectivity index is 1.80. The number of carbonyl (C=O) groups is 1. The Bertz CT molecular complexity index is 1230. The van der Waals surface area contributed by atoms with Crippen molar-refractivity contribution in [3.63, 3.8) is 0 Å². The summed E-state index contributed by atoms with van der Waals surface area (Å²) >= 11 is 0. The summed E-state index contributed by atoms with van der Waals surface area (Å²) in [5.41, 5.74) is 0.320. The molecular weight excluding hydrogens is 424 g/mol. The van der Waals surface area contributed by atoms with Gasteiger partial charge in [0.1, 0.15) is 12.4 Å². The van der Waals surface area contributed by atoms with Crippen molar-refractivity contribution in [2.24, 2.45) is 0 Å². The van der Waals surface area contributed by atoms with Gasteiger partial charge in [0.25, 0.3) is 15.7 Å². The molecule has 0 radical (unpaired) electrons. The number of hydrogen-bond donors (Lipinski definition) is 1. The summed E-state index contributed by atoms with van der Waals surface area (Å²) in [5, 5.41) is 10.9. The second-order valence-corrected chi connectivity index (χ2v) is 8.02. The predicted molar refractivity (Wildman–Crippen MR) is 112 cm³/mol. The van der Waals surface area contributed by atoms with Gasteiger partial charge in [-0.25, -0.2) is 13.2 Å². The van der Waals surface area contributed by atoms with Crippen LogP contribution in [0.15, 0.2) is 77.7 Å². The number of nitro benzene ring substituents is 1. The van der Waals surface area contributed by atoms with Crippen LogP contribution in [0.4, 0.5) is 11.4 Å². The van der Waals surface area contributed by atoms with Crippen LogP contribution in [-0.4, -0.2) is 26.4 Å². The summed E-state index contributed by atoms with van der Waals surface area (Å²) in [6, 6.07) is 17.5. The van der Waals surface area contributed by atoms with E-state index < -0.39 is 20.9 Å². The van der Waals surface area contributed by atoms with E-state index in [2.05, 4.69) is 4.72 Å². The third-order valence-corrected chi connectivity index (χ3v) is 5.60. The monoisotopic (exact) mass is 442 g/mol. The minimum atomic E-state index is -4.18. The predicted octanol–water partition coefficient (Wildman–Crippen LogP) is 3.76. The van der Waals surface area contributed by atoms with Crippen LogP contribution in [0, 0.1) is 10.1 Å². The Kier molecular flexibility index (Phi) is 6.51. The molecule has 0 spiro atoms. The number of carbonyl (C=O) groups excluding carboxylic acids is 1. The number of sulfonamides is 1. The molecule has 31 heavy (non-hydrogen) atoms. The van der Waals surface area contributed by atoms with Crippen molar-refractivity contribution in [3.05, 3.63) is 94.0 Å². The van der Waals surface area contributed by atoms with Gasteiger partial charge in [0.05, 0.1) is 28.2 Å². The second-order valence-electron chi connectivity index (χ2n) is 6.33. The average Bonchev–Trinajstić information content (AvgIpc) is 2.77. The lowest BCUT2D eigenvalue weighted by Crippen LogP contribution is -2.16. The molecule has 0 aliphatic carbocycles. The highest BCUT2D eigenvalue weighted by Crippen LogP contribution is 2.24. The number of anilines is 1. The molecule has 9 nitrogen and oxygen atoms in total. The quantitative estimate of drug-likeness (QED) is 0.320. The van der Waals surface area contributed by atoms with Crippen LogP contribution in [0.2, 0.25) is 0 Å². The lowest BCUT2D eigenvalue weighted by atomic mass is 10.2. The highest BCUT2D eigenvalue weighted by Gasteiger charge is 2.21. The summed E-state index contributed by atoms with van der Waals surface area (Å²) in [4.78, 5) is 22.5. The number of benzene rings is 3. The van der Waals surface area contributed by atoms with Crippen molar-refractivity contribution in [1.29, 1.82) is 0 Å². The Morgan fingerprint density at radius 1 is 1.03 bits per heavy atom. The molecule has 0 bridgehead atoms. The molecule has 3 rings (SSSR count). The minimum Gasteiger partial charge on any atom is -0.497 e. The van der Waals surface area contributed by atoms with Crippen molar-refractivity contribution < 1.29 is 27.6 Å². The molecule has 0 aliphatic rings. The summed E-state index contributed by atoms with van der Waals surface area (Å²) in [5.74, 6) is -0.126. The van der Waals surface area contributed by atoms with E-state index in [4.69, 9.17) is 9.47 Å². The molecule has 3 aromatic carbocycles.